The first-order valence-electron chi connectivity index (χ1n) is 14.3. The van der Waals surface area contributed by atoms with Gasteiger partial charge >= 0.3 is 0 Å². The van der Waals surface area contributed by atoms with E-state index in [0.717, 1.165) is 0 Å². The van der Waals surface area contributed by atoms with Gasteiger partial charge in [0.25, 0.3) is 0 Å². The fourth-order valence-corrected chi connectivity index (χ4v) is 4.41. The molecular formula is C34H36N6O4. The number of hydrogen-bond acceptors (Lipinski definition) is 6. The summed E-state index contributed by atoms with van der Waals surface area (Å²) in [4.78, 5) is 55.1. The van der Waals surface area contributed by atoms with Crippen molar-refractivity contribution in [3.63, 3.8) is 0 Å². The predicted octanol–water partition coefficient (Wildman–Crippen LogP) is 4.15. The van der Waals surface area contributed by atoms with E-state index in [-0.39, 0.29) is 62.9 Å². The van der Waals surface area contributed by atoms with Gasteiger partial charge in [0.2, 0.25) is 23.6 Å². The van der Waals surface area contributed by atoms with Gasteiger partial charge in [0.05, 0.1) is 26.2 Å². The highest BCUT2D eigenvalue weighted by atomic mass is 16.2. The zero-order chi connectivity index (χ0) is 31.0. The molecule has 10 nitrogen and oxygen atoms in total. The molecular weight excluding hydrogens is 556 g/mol. The van der Waals surface area contributed by atoms with E-state index < -0.39 is 0 Å². The van der Waals surface area contributed by atoms with E-state index in [0.29, 0.717) is 22.7 Å². The summed E-state index contributed by atoms with van der Waals surface area (Å²) < 4.78 is 0. The number of amides is 4. The van der Waals surface area contributed by atoms with E-state index in [4.69, 9.17) is 0 Å². The number of anilines is 4. The van der Waals surface area contributed by atoms with E-state index in [1.54, 1.807) is 58.3 Å². The second-order valence-electron chi connectivity index (χ2n) is 10.1. The number of rotatable bonds is 15. The summed E-state index contributed by atoms with van der Waals surface area (Å²) in [6, 6.07) is 36.2. The van der Waals surface area contributed by atoms with Gasteiger partial charge < -0.3 is 21.3 Å². The molecule has 0 heterocycles. The Bertz CT molecular complexity index is 1260. The summed E-state index contributed by atoms with van der Waals surface area (Å²) in [5.74, 6) is -1.17. The van der Waals surface area contributed by atoms with E-state index >= 15 is 0 Å². The number of para-hydroxylation sites is 4. The first-order valence-corrected chi connectivity index (χ1v) is 14.3. The molecule has 0 spiro atoms. The fraction of sp³-hybridized carbons (Fsp3) is 0.176. The molecule has 0 fully saturated rings. The van der Waals surface area contributed by atoms with Crippen LogP contribution < -0.4 is 21.3 Å². The lowest BCUT2D eigenvalue weighted by atomic mass is 10.3. The van der Waals surface area contributed by atoms with Crippen molar-refractivity contribution in [3.05, 3.63) is 121 Å². The average Bonchev–Trinajstić information content (AvgIpc) is 3.01. The Hall–Kier alpha value is -5.32. The molecule has 4 aromatic carbocycles. The van der Waals surface area contributed by atoms with E-state index in [1.807, 2.05) is 72.8 Å². The smallest absolute Gasteiger partial charge is 0.238 e. The lowest BCUT2D eigenvalue weighted by Crippen LogP contribution is -2.46. The Balaban J connectivity index is 1.44. The van der Waals surface area contributed by atoms with Gasteiger partial charge in [-0.3, -0.25) is 29.0 Å². The molecule has 4 rings (SSSR count). The zero-order valence-electron chi connectivity index (χ0n) is 24.3. The summed E-state index contributed by atoms with van der Waals surface area (Å²) in [5, 5.41) is 11.4. The van der Waals surface area contributed by atoms with Crippen LogP contribution in [0.1, 0.15) is 0 Å². The monoisotopic (exact) mass is 592 g/mol. The molecule has 0 radical (unpaired) electrons. The molecule has 226 valence electrons. The number of nitrogens with one attached hydrogen (secondary N) is 4. The third-order valence-corrected chi connectivity index (χ3v) is 6.43. The van der Waals surface area contributed by atoms with Gasteiger partial charge in [-0.05, 0) is 48.5 Å². The summed E-state index contributed by atoms with van der Waals surface area (Å²) in [5.41, 5.74) is 2.57. The molecule has 0 bridgehead atoms. The number of nitrogens with zero attached hydrogens (tertiary/aromatic N) is 2. The van der Waals surface area contributed by atoms with Gasteiger partial charge in [0.1, 0.15) is 0 Å². The third-order valence-electron chi connectivity index (χ3n) is 6.43. The minimum absolute atomic E-state index is 0.0721. The summed E-state index contributed by atoms with van der Waals surface area (Å²) in [7, 11) is 0. The third kappa shape index (κ3) is 11.5. The number of carbonyl (C=O) groups excluding carboxylic acids is 4. The van der Waals surface area contributed by atoms with Crippen molar-refractivity contribution in [2.75, 3.05) is 60.5 Å². The number of hydrogen-bond donors (Lipinski definition) is 4. The largest absolute Gasteiger partial charge is 0.325 e. The summed E-state index contributed by atoms with van der Waals surface area (Å²) in [6.45, 7) is 0.187. The van der Waals surface area contributed by atoms with Crippen LogP contribution in [0, 0.1) is 0 Å². The molecule has 4 aromatic rings. The van der Waals surface area contributed by atoms with Crippen LogP contribution in [0.2, 0.25) is 0 Å². The van der Waals surface area contributed by atoms with Gasteiger partial charge in [-0.15, -0.1) is 0 Å². The Kier molecular flexibility index (Phi) is 12.2. The topological polar surface area (TPSA) is 123 Å². The second-order valence-corrected chi connectivity index (χ2v) is 10.1. The maximum Gasteiger partial charge on any atom is 0.238 e. The molecule has 10 heteroatoms. The molecule has 0 atom stereocenters. The molecule has 4 amide bonds. The van der Waals surface area contributed by atoms with Crippen molar-refractivity contribution in [1.82, 2.24) is 9.80 Å². The Morgan fingerprint density at radius 3 is 0.773 bits per heavy atom. The van der Waals surface area contributed by atoms with Crippen molar-refractivity contribution in [1.29, 1.82) is 0 Å². The first kappa shape index (κ1) is 31.6. The molecule has 0 saturated carbocycles. The Labute approximate surface area is 257 Å². The highest BCUT2D eigenvalue weighted by Gasteiger charge is 2.20. The molecule has 0 aliphatic rings. The van der Waals surface area contributed by atoms with Gasteiger partial charge in [-0.1, -0.05) is 72.8 Å². The number of carbonyl (C=O) groups is 4. The van der Waals surface area contributed by atoms with Crippen LogP contribution >= 0.6 is 0 Å². The highest BCUT2D eigenvalue weighted by Crippen LogP contribution is 2.09. The highest BCUT2D eigenvalue weighted by molar-refractivity contribution is 5.95. The fourth-order valence-electron chi connectivity index (χ4n) is 4.41. The minimum Gasteiger partial charge on any atom is -0.325 e. The number of benzene rings is 4. The van der Waals surface area contributed by atoms with Crippen LogP contribution in [0.5, 0.6) is 0 Å². The van der Waals surface area contributed by atoms with Crippen LogP contribution in [0.4, 0.5) is 22.7 Å². The summed E-state index contributed by atoms with van der Waals surface area (Å²) >= 11 is 0. The van der Waals surface area contributed by atoms with Crippen molar-refractivity contribution >= 4 is 46.4 Å². The van der Waals surface area contributed by atoms with Gasteiger partial charge in [0.15, 0.2) is 0 Å². The SMILES string of the molecule is O=C(CN(CCN(CC(=O)Nc1ccccc1)CC(=O)Nc1ccccc1)CC(=O)Nc1ccccc1)Nc1ccccc1. The van der Waals surface area contributed by atoms with Gasteiger partial charge in [-0.25, -0.2) is 0 Å². The van der Waals surface area contributed by atoms with Crippen molar-refractivity contribution < 1.29 is 19.2 Å². The van der Waals surface area contributed by atoms with Crippen LogP contribution in [0.25, 0.3) is 0 Å². The maximum atomic E-state index is 12.9. The molecule has 0 aliphatic carbocycles. The maximum absolute atomic E-state index is 12.9. The molecule has 0 aromatic heterocycles. The minimum atomic E-state index is -0.293. The lowest BCUT2D eigenvalue weighted by Gasteiger charge is -2.26. The quantitative estimate of drug-likeness (QED) is 0.165. The Morgan fingerprint density at radius 2 is 0.568 bits per heavy atom. The van der Waals surface area contributed by atoms with Crippen LogP contribution in [0.15, 0.2) is 121 Å². The summed E-state index contributed by atoms with van der Waals surface area (Å²) in [6.07, 6.45) is 0. The molecule has 4 N–H and O–H groups in total. The average molecular weight is 593 g/mol. The van der Waals surface area contributed by atoms with Gasteiger partial charge in [0, 0.05) is 35.8 Å². The molecule has 0 aliphatic heterocycles. The Morgan fingerprint density at radius 1 is 0.364 bits per heavy atom. The lowest BCUT2D eigenvalue weighted by molar-refractivity contribution is -0.123. The van der Waals surface area contributed by atoms with E-state index in [1.165, 1.54) is 0 Å². The molecule has 0 unspecified atom stereocenters. The van der Waals surface area contributed by atoms with E-state index in [9.17, 15) is 19.2 Å². The van der Waals surface area contributed by atoms with Gasteiger partial charge in [-0.2, -0.15) is 0 Å². The van der Waals surface area contributed by atoms with Crippen LogP contribution in [-0.4, -0.2) is 72.7 Å². The standard InChI is InChI=1S/C34H36N6O4/c41-31(35-27-13-5-1-6-14-27)23-39(24-32(42)36-28-15-7-2-8-16-28)21-22-40(25-33(43)37-29-17-9-3-10-18-29)26-34(44)38-30-19-11-4-12-20-30/h1-20H,21-26H2,(H,35,41)(H,36,42)(H,37,43)(H,38,44). The van der Waals surface area contributed by atoms with Crippen LogP contribution in [0.3, 0.4) is 0 Å². The van der Waals surface area contributed by atoms with E-state index in [2.05, 4.69) is 21.3 Å². The van der Waals surface area contributed by atoms with Crippen molar-refractivity contribution in [2.24, 2.45) is 0 Å². The van der Waals surface area contributed by atoms with Crippen molar-refractivity contribution in [3.8, 4) is 0 Å². The first-order chi connectivity index (χ1) is 21.4. The second kappa shape index (κ2) is 17.0. The normalized spacial score (nSPS) is 10.7. The molecule has 44 heavy (non-hydrogen) atoms. The zero-order valence-corrected chi connectivity index (χ0v) is 24.3. The van der Waals surface area contributed by atoms with Crippen molar-refractivity contribution in [2.45, 2.75) is 0 Å². The van der Waals surface area contributed by atoms with Crippen LogP contribution in [-0.2, 0) is 19.2 Å². The predicted molar refractivity (Wildman–Crippen MR) is 173 cm³/mol. The molecule has 0 saturated heterocycles.